The van der Waals surface area contributed by atoms with Gasteiger partial charge in [0, 0.05) is 43.2 Å². The summed E-state index contributed by atoms with van der Waals surface area (Å²) in [5, 5.41) is 6.30. The highest BCUT2D eigenvalue weighted by molar-refractivity contribution is 5.97. The van der Waals surface area contributed by atoms with Gasteiger partial charge in [-0.2, -0.15) is 0 Å². The number of aryl methyl sites for hydroxylation is 1. The second-order valence-electron chi connectivity index (χ2n) is 5.24. The molecule has 0 saturated heterocycles. The molecule has 0 spiro atoms. The Bertz CT molecular complexity index is 620. The van der Waals surface area contributed by atoms with Gasteiger partial charge in [0.1, 0.15) is 5.82 Å². The molecule has 0 bridgehead atoms. The van der Waals surface area contributed by atoms with Crippen molar-refractivity contribution in [2.24, 2.45) is 0 Å². The summed E-state index contributed by atoms with van der Waals surface area (Å²) in [4.78, 5) is 19.6. The summed E-state index contributed by atoms with van der Waals surface area (Å²) in [5.41, 5.74) is 3.94. The van der Waals surface area contributed by atoms with Crippen LogP contribution >= 0.6 is 0 Å². The van der Waals surface area contributed by atoms with E-state index in [1.54, 1.807) is 12.4 Å². The van der Waals surface area contributed by atoms with Crippen molar-refractivity contribution in [3.05, 3.63) is 47.0 Å². The Hall–Kier alpha value is -2.30. The van der Waals surface area contributed by atoms with Crippen LogP contribution in [-0.4, -0.2) is 29.0 Å². The number of carbonyl (C=O) groups excluding carboxylic acids is 1. The Morgan fingerprint density at radius 3 is 2.77 bits per heavy atom. The second kappa shape index (κ2) is 7.64. The van der Waals surface area contributed by atoms with Crippen molar-refractivity contribution in [3.63, 3.8) is 0 Å². The molecule has 3 N–H and O–H groups in total. The number of aromatic nitrogens is 2. The minimum atomic E-state index is -0.0292. The van der Waals surface area contributed by atoms with Gasteiger partial charge in [0.2, 0.25) is 0 Å². The monoisotopic (exact) mass is 300 g/mol. The number of amides is 1. The van der Waals surface area contributed by atoms with Crippen molar-refractivity contribution in [3.8, 4) is 0 Å². The molecule has 0 aliphatic rings. The Morgan fingerprint density at radius 2 is 2.14 bits per heavy atom. The zero-order valence-corrected chi connectivity index (χ0v) is 13.5. The van der Waals surface area contributed by atoms with Crippen LogP contribution in [0.25, 0.3) is 0 Å². The van der Waals surface area contributed by atoms with Crippen molar-refractivity contribution in [2.45, 2.75) is 33.6 Å². The summed E-state index contributed by atoms with van der Waals surface area (Å²) >= 11 is 0. The van der Waals surface area contributed by atoms with Gasteiger partial charge in [-0.25, -0.2) is 4.98 Å². The minimum Gasteiger partial charge on any atom is -0.385 e. The summed E-state index contributed by atoms with van der Waals surface area (Å²) in [5.74, 6) is 0.853. The number of anilines is 1. The molecule has 0 atom stereocenters. The molecule has 1 amide bonds. The highest BCUT2D eigenvalue weighted by atomic mass is 16.1. The number of aromatic amines is 1. The van der Waals surface area contributed by atoms with Crippen molar-refractivity contribution in [1.29, 1.82) is 0 Å². The SMILES string of the molecule is CCNc1cc(CC)cc(C(=O)NCCc2ncc[nH]2)c1C. The van der Waals surface area contributed by atoms with Gasteiger partial charge >= 0.3 is 0 Å². The third-order valence-corrected chi connectivity index (χ3v) is 3.69. The number of rotatable bonds is 7. The van der Waals surface area contributed by atoms with Crippen molar-refractivity contribution in [2.75, 3.05) is 18.4 Å². The van der Waals surface area contributed by atoms with Crippen LogP contribution in [0.15, 0.2) is 24.5 Å². The molecular formula is C17H24N4O. The molecule has 0 unspecified atom stereocenters. The van der Waals surface area contributed by atoms with E-state index in [2.05, 4.69) is 40.5 Å². The first-order chi connectivity index (χ1) is 10.7. The second-order valence-corrected chi connectivity index (χ2v) is 5.24. The molecule has 1 heterocycles. The van der Waals surface area contributed by atoms with E-state index >= 15 is 0 Å². The molecule has 5 heteroatoms. The molecule has 1 aromatic carbocycles. The van der Waals surface area contributed by atoms with E-state index in [0.29, 0.717) is 13.0 Å². The van der Waals surface area contributed by atoms with E-state index in [9.17, 15) is 4.79 Å². The maximum absolute atomic E-state index is 12.4. The molecule has 2 rings (SSSR count). The van der Waals surface area contributed by atoms with Crippen LogP contribution in [0, 0.1) is 6.92 Å². The Balaban J connectivity index is 2.08. The van der Waals surface area contributed by atoms with Crippen LogP contribution in [0.4, 0.5) is 5.69 Å². The van der Waals surface area contributed by atoms with Crippen molar-refractivity contribution < 1.29 is 4.79 Å². The molecule has 118 valence electrons. The van der Waals surface area contributed by atoms with E-state index in [1.807, 2.05) is 13.0 Å². The molecule has 5 nitrogen and oxygen atoms in total. The van der Waals surface area contributed by atoms with E-state index in [1.165, 1.54) is 0 Å². The molecule has 0 aliphatic heterocycles. The molecule has 0 saturated carbocycles. The summed E-state index contributed by atoms with van der Waals surface area (Å²) < 4.78 is 0. The predicted molar refractivity (Wildman–Crippen MR) is 89.3 cm³/mol. The fraction of sp³-hybridized carbons (Fsp3) is 0.412. The van der Waals surface area contributed by atoms with Crippen molar-refractivity contribution in [1.82, 2.24) is 15.3 Å². The summed E-state index contributed by atoms with van der Waals surface area (Å²) in [6, 6.07) is 4.11. The molecule has 1 aromatic heterocycles. The van der Waals surface area contributed by atoms with Crippen molar-refractivity contribution >= 4 is 11.6 Å². The lowest BCUT2D eigenvalue weighted by molar-refractivity contribution is 0.0953. The van der Waals surface area contributed by atoms with Gasteiger partial charge in [0.05, 0.1) is 0 Å². The average molecular weight is 300 g/mol. The van der Waals surface area contributed by atoms with Crippen LogP contribution in [0.1, 0.15) is 41.2 Å². The van der Waals surface area contributed by atoms with Gasteiger partial charge in [0.15, 0.2) is 0 Å². The van der Waals surface area contributed by atoms with E-state index in [-0.39, 0.29) is 5.91 Å². The smallest absolute Gasteiger partial charge is 0.251 e. The summed E-state index contributed by atoms with van der Waals surface area (Å²) in [7, 11) is 0. The number of carbonyl (C=O) groups is 1. The van der Waals surface area contributed by atoms with Gasteiger partial charge in [-0.1, -0.05) is 6.92 Å². The number of H-pyrrole nitrogens is 1. The largest absolute Gasteiger partial charge is 0.385 e. The molecule has 2 aromatic rings. The molecule has 22 heavy (non-hydrogen) atoms. The quantitative estimate of drug-likeness (QED) is 0.736. The summed E-state index contributed by atoms with van der Waals surface area (Å²) in [6.45, 7) is 7.55. The number of hydrogen-bond donors (Lipinski definition) is 3. The van der Waals surface area contributed by atoms with Crippen LogP contribution < -0.4 is 10.6 Å². The first kappa shape index (κ1) is 16.1. The molecule has 0 aliphatic carbocycles. The fourth-order valence-corrected chi connectivity index (χ4v) is 2.41. The lowest BCUT2D eigenvalue weighted by Crippen LogP contribution is -2.27. The maximum Gasteiger partial charge on any atom is 0.251 e. The number of hydrogen-bond acceptors (Lipinski definition) is 3. The average Bonchev–Trinajstić information content (AvgIpc) is 3.02. The molecule has 0 radical (unpaired) electrons. The molecule has 0 fully saturated rings. The van der Waals surface area contributed by atoms with Gasteiger partial charge < -0.3 is 15.6 Å². The van der Waals surface area contributed by atoms with Gasteiger partial charge in [-0.3, -0.25) is 4.79 Å². The predicted octanol–water partition coefficient (Wildman–Crippen LogP) is 2.68. The minimum absolute atomic E-state index is 0.0292. The van der Waals surface area contributed by atoms with Crippen LogP contribution in [0.3, 0.4) is 0 Å². The lowest BCUT2D eigenvalue weighted by Gasteiger charge is -2.14. The third-order valence-electron chi connectivity index (χ3n) is 3.69. The van der Waals surface area contributed by atoms with Gasteiger partial charge in [-0.05, 0) is 43.5 Å². The van der Waals surface area contributed by atoms with Crippen LogP contribution in [0.5, 0.6) is 0 Å². The van der Waals surface area contributed by atoms with Gasteiger partial charge in [-0.15, -0.1) is 0 Å². The first-order valence-electron chi connectivity index (χ1n) is 7.79. The first-order valence-corrected chi connectivity index (χ1v) is 7.79. The zero-order valence-electron chi connectivity index (χ0n) is 13.5. The highest BCUT2D eigenvalue weighted by Crippen LogP contribution is 2.22. The maximum atomic E-state index is 12.4. The standard InChI is InChI=1S/C17H24N4O/c1-4-13-10-14(12(3)15(11-13)18-5-2)17(22)21-7-6-16-19-8-9-20-16/h8-11,18H,4-7H2,1-3H3,(H,19,20)(H,21,22). The van der Waals surface area contributed by atoms with E-state index in [0.717, 1.165) is 41.2 Å². The third kappa shape index (κ3) is 3.87. The zero-order chi connectivity index (χ0) is 15.9. The van der Waals surface area contributed by atoms with Crippen LogP contribution in [-0.2, 0) is 12.8 Å². The Labute approximate surface area is 131 Å². The van der Waals surface area contributed by atoms with Crippen LogP contribution in [0.2, 0.25) is 0 Å². The Kier molecular flexibility index (Phi) is 5.58. The number of benzene rings is 1. The number of nitrogens with zero attached hydrogens (tertiary/aromatic N) is 1. The number of imidazole rings is 1. The summed E-state index contributed by atoms with van der Waals surface area (Å²) in [6.07, 6.45) is 5.11. The number of nitrogens with one attached hydrogen (secondary N) is 3. The Morgan fingerprint density at radius 1 is 1.32 bits per heavy atom. The lowest BCUT2D eigenvalue weighted by atomic mass is 10.0. The van der Waals surface area contributed by atoms with E-state index < -0.39 is 0 Å². The van der Waals surface area contributed by atoms with E-state index in [4.69, 9.17) is 0 Å². The normalized spacial score (nSPS) is 10.5. The fourth-order valence-electron chi connectivity index (χ4n) is 2.41. The highest BCUT2D eigenvalue weighted by Gasteiger charge is 2.13. The van der Waals surface area contributed by atoms with Gasteiger partial charge in [0.25, 0.3) is 5.91 Å². The topological polar surface area (TPSA) is 69.8 Å². The molecular weight excluding hydrogens is 276 g/mol.